The van der Waals surface area contributed by atoms with Gasteiger partial charge in [-0.15, -0.1) is 0 Å². The number of aromatic nitrogens is 2. The maximum atomic E-state index is 6.20. The van der Waals surface area contributed by atoms with Crippen LogP contribution in [0.3, 0.4) is 0 Å². The van der Waals surface area contributed by atoms with Crippen molar-refractivity contribution in [3.63, 3.8) is 0 Å². The highest BCUT2D eigenvalue weighted by Crippen LogP contribution is 2.30. The number of benzene rings is 1. The summed E-state index contributed by atoms with van der Waals surface area (Å²) in [6.07, 6.45) is 0.807. The molecule has 94 valence electrons. The van der Waals surface area contributed by atoms with Crippen molar-refractivity contribution in [1.29, 1.82) is 0 Å². The zero-order chi connectivity index (χ0) is 13.3. The molecule has 0 saturated heterocycles. The van der Waals surface area contributed by atoms with Gasteiger partial charge in [0.2, 0.25) is 0 Å². The molecule has 2 nitrogen and oxygen atoms in total. The van der Waals surface area contributed by atoms with E-state index in [2.05, 4.69) is 48.5 Å². The quantitative estimate of drug-likeness (QED) is 0.447. The third kappa shape index (κ3) is 2.98. The van der Waals surface area contributed by atoms with Crippen LogP contribution in [0.1, 0.15) is 12.6 Å². The molecular formula is C12H8BrCl2IN2. The topological polar surface area (TPSA) is 25.8 Å². The number of nitrogens with zero attached hydrogens (tertiary/aromatic N) is 2. The van der Waals surface area contributed by atoms with Crippen molar-refractivity contribution in [2.24, 2.45) is 0 Å². The fourth-order valence-corrected chi connectivity index (χ4v) is 3.06. The van der Waals surface area contributed by atoms with Crippen molar-refractivity contribution in [1.82, 2.24) is 9.97 Å². The highest BCUT2D eigenvalue weighted by atomic mass is 127. The molecule has 0 atom stereocenters. The first-order chi connectivity index (χ1) is 8.52. The molecule has 2 aromatic rings. The Labute approximate surface area is 137 Å². The van der Waals surface area contributed by atoms with E-state index >= 15 is 0 Å². The van der Waals surface area contributed by atoms with Crippen molar-refractivity contribution >= 4 is 61.7 Å². The van der Waals surface area contributed by atoms with Crippen LogP contribution in [0.15, 0.2) is 22.7 Å². The van der Waals surface area contributed by atoms with E-state index in [9.17, 15) is 0 Å². The van der Waals surface area contributed by atoms with Crippen molar-refractivity contribution in [3.05, 3.63) is 42.1 Å². The molecule has 1 heterocycles. The summed E-state index contributed by atoms with van der Waals surface area (Å²) in [6, 6.07) is 5.60. The Balaban J connectivity index is 2.60. The predicted octanol–water partition coefficient (Wildman–Crippen LogP) is 5.38. The molecule has 0 bridgehead atoms. The number of rotatable bonds is 2. The standard InChI is InChI=1S/C12H8BrCl2IN2/c1-2-9-10(16)11(15)18-12(17-9)7-4-3-6(13)5-8(7)14/h3-5H,2H2,1H3. The van der Waals surface area contributed by atoms with Crippen LogP contribution in [0, 0.1) is 3.57 Å². The molecule has 0 radical (unpaired) electrons. The largest absolute Gasteiger partial charge is 0.232 e. The maximum Gasteiger partial charge on any atom is 0.162 e. The fraction of sp³-hybridized carbons (Fsp3) is 0.167. The first kappa shape index (κ1) is 14.5. The summed E-state index contributed by atoms with van der Waals surface area (Å²) in [5.41, 5.74) is 1.72. The molecule has 18 heavy (non-hydrogen) atoms. The number of hydrogen-bond acceptors (Lipinski definition) is 2. The Morgan fingerprint density at radius 3 is 2.61 bits per heavy atom. The van der Waals surface area contributed by atoms with Crippen molar-refractivity contribution in [2.75, 3.05) is 0 Å². The van der Waals surface area contributed by atoms with Gasteiger partial charge in [0, 0.05) is 10.0 Å². The van der Waals surface area contributed by atoms with E-state index < -0.39 is 0 Å². The van der Waals surface area contributed by atoms with Gasteiger partial charge in [-0.1, -0.05) is 46.1 Å². The summed E-state index contributed by atoms with van der Waals surface area (Å²) >= 11 is 17.8. The maximum absolute atomic E-state index is 6.20. The Bertz CT molecular complexity index is 605. The van der Waals surface area contributed by atoms with E-state index in [1.807, 2.05) is 25.1 Å². The zero-order valence-corrected chi connectivity index (χ0v) is 14.6. The third-order valence-corrected chi connectivity index (χ3v) is 4.92. The zero-order valence-electron chi connectivity index (χ0n) is 9.35. The van der Waals surface area contributed by atoms with E-state index in [0.29, 0.717) is 16.0 Å². The van der Waals surface area contributed by atoms with Crippen molar-refractivity contribution in [3.8, 4) is 11.4 Å². The second-order valence-electron chi connectivity index (χ2n) is 3.58. The molecular weight excluding hydrogens is 450 g/mol. The Kier molecular flexibility index (Phi) is 4.86. The Hall–Kier alpha value is 0.0900. The summed E-state index contributed by atoms with van der Waals surface area (Å²) in [4.78, 5) is 8.80. The summed E-state index contributed by atoms with van der Waals surface area (Å²) < 4.78 is 1.82. The van der Waals surface area contributed by atoms with Crippen LogP contribution >= 0.6 is 61.7 Å². The van der Waals surface area contributed by atoms with Gasteiger partial charge >= 0.3 is 0 Å². The lowest BCUT2D eigenvalue weighted by atomic mass is 10.2. The van der Waals surface area contributed by atoms with Gasteiger partial charge in [-0.3, -0.25) is 0 Å². The molecule has 0 amide bonds. The van der Waals surface area contributed by atoms with Crippen molar-refractivity contribution in [2.45, 2.75) is 13.3 Å². The average molecular weight is 458 g/mol. The molecule has 0 spiro atoms. The van der Waals surface area contributed by atoms with Crippen LogP contribution in [-0.2, 0) is 6.42 Å². The third-order valence-electron chi connectivity index (χ3n) is 2.39. The average Bonchev–Trinajstić information content (AvgIpc) is 2.32. The van der Waals surface area contributed by atoms with Gasteiger partial charge < -0.3 is 0 Å². The summed E-state index contributed by atoms with van der Waals surface area (Å²) in [7, 11) is 0. The lowest BCUT2D eigenvalue weighted by Gasteiger charge is -2.08. The highest BCUT2D eigenvalue weighted by Gasteiger charge is 2.13. The van der Waals surface area contributed by atoms with Crippen LogP contribution in [-0.4, -0.2) is 9.97 Å². The minimum atomic E-state index is 0.469. The fourth-order valence-electron chi connectivity index (χ4n) is 1.49. The molecule has 0 unspecified atom stereocenters. The smallest absolute Gasteiger partial charge is 0.162 e. The van der Waals surface area contributed by atoms with E-state index in [-0.39, 0.29) is 0 Å². The van der Waals surface area contributed by atoms with Gasteiger partial charge in [0.05, 0.1) is 14.3 Å². The number of aryl methyl sites for hydroxylation is 1. The molecule has 2 rings (SSSR count). The van der Waals surface area contributed by atoms with Gasteiger partial charge in [-0.2, -0.15) is 0 Å². The normalized spacial score (nSPS) is 10.7. The molecule has 0 N–H and O–H groups in total. The van der Waals surface area contributed by atoms with E-state index in [1.54, 1.807) is 0 Å². The minimum Gasteiger partial charge on any atom is -0.232 e. The molecule has 0 saturated carbocycles. The van der Waals surface area contributed by atoms with Crippen molar-refractivity contribution < 1.29 is 0 Å². The van der Waals surface area contributed by atoms with Crippen LogP contribution in [0.4, 0.5) is 0 Å². The molecule has 0 fully saturated rings. The number of hydrogen-bond donors (Lipinski definition) is 0. The van der Waals surface area contributed by atoms with E-state index in [0.717, 1.165) is 25.7 Å². The Morgan fingerprint density at radius 1 is 1.28 bits per heavy atom. The van der Waals surface area contributed by atoms with Gasteiger partial charge in [-0.05, 0) is 47.2 Å². The predicted molar refractivity (Wildman–Crippen MR) is 87.3 cm³/mol. The molecule has 1 aromatic heterocycles. The second-order valence-corrected chi connectivity index (χ2v) is 6.34. The van der Waals surface area contributed by atoms with Crippen LogP contribution < -0.4 is 0 Å². The van der Waals surface area contributed by atoms with Crippen LogP contribution in [0.5, 0.6) is 0 Å². The second kappa shape index (κ2) is 6.03. The van der Waals surface area contributed by atoms with Crippen LogP contribution in [0.2, 0.25) is 10.2 Å². The molecule has 0 aliphatic heterocycles. The lowest BCUT2D eigenvalue weighted by Crippen LogP contribution is -1.99. The van der Waals surface area contributed by atoms with E-state index in [4.69, 9.17) is 23.2 Å². The summed E-state index contributed by atoms with van der Waals surface area (Å²) in [5, 5.41) is 1.07. The summed E-state index contributed by atoms with van der Waals surface area (Å²) in [5.74, 6) is 0.565. The van der Waals surface area contributed by atoms with Crippen LogP contribution in [0.25, 0.3) is 11.4 Å². The molecule has 0 aliphatic carbocycles. The van der Waals surface area contributed by atoms with E-state index in [1.165, 1.54) is 0 Å². The first-order valence-corrected chi connectivity index (χ1v) is 7.83. The monoisotopic (exact) mass is 456 g/mol. The first-order valence-electron chi connectivity index (χ1n) is 5.20. The number of halogens is 4. The lowest BCUT2D eigenvalue weighted by molar-refractivity contribution is 0.989. The minimum absolute atomic E-state index is 0.469. The Morgan fingerprint density at radius 2 is 2.00 bits per heavy atom. The highest BCUT2D eigenvalue weighted by molar-refractivity contribution is 14.1. The van der Waals surface area contributed by atoms with Gasteiger partial charge in [0.15, 0.2) is 5.82 Å². The van der Waals surface area contributed by atoms with Gasteiger partial charge in [-0.25, -0.2) is 9.97 Å². The van der Waals surface area contributed by atoms with Gasteiger partial charge in [0.1, 0.15) is 5.15 Å². The molecule has 0 aliphatic rings. The molecule has 1 aromatic carbocycles. The SMILES string of the molecule is CCc1nc(-c2ccc(Br)cc2Cl)nc(Cl)c1I. The summed E-state index contributed by atoms with van der Waals surface area (Å²) in [6.45, 7) is 2.04. The van der Waals surface area contributed by atoms with Gasteiger partial charge in [0.25, 0.3) is 0 Å². The molecule has 6 heteroatoms.